The first-order chi connectivity index (χ1) is 14.2. The number of benzene rings is 2. The van der Waals surface area contributed by atoms with E-state index in [0.29, 0.717) is 31.4 Å². The van der Waals surface area contributed by atoms with Crippen LogP contribution < -0.4 is 9.64 Å². The molecule has 1 unspecified atom stereocenters. The van der Waals surface area contributed by atoms with Crippen LogP contribution in [0.3, 0.4) is 0 Å². The van der Waals surface area contributed by atoms with Gasteiger partial charge < -0.3 is 19.1 Å². The smallest absolute Gasteiger partial charge is 0.337 e. The number of anilines is 1. The van der Waals surface area contributed by atoms with Gasteiger partial charge >= 0.3 is 5.97 Å². The van der Waals surface area contributed by atoms with Gasteiger partial charge in [0, 0.05) is 37.9 Å². The number of para-hydroxylation sites is 1. The maximum atomic E-state index is 11.6. The van der Waals surface area contributed by atoms with Crippen molar-refractivity contribution in [2.75, 3.05) is 58.0 Å². The molecule has 0 aromatic heterocycles. The molecule has 6 nitrogen and oxygen atoms in total. The van der Waals surface area contributed by atoms with E-state index in [4.69, 9.17) is 14.2 Å². The van der Waals surface area contributed by atoms with Crippen LogP contribution in [-0.4, -0.2) is 70.0 Å². The number of piperazine rings is 1. The Morgan fingerprint density at radius 3 is 2.45 bits per heavy atom. The largest absolute Gasteiger partial charge is 0.491 e. The van der Waals surface area contributed by atoms with E-state index in [9.17, 15) is 4.79 Å². The predicted molar refractivity (Wildman–Crippen MR) is 114 cm³/mol. The Balaban J connectivity index is 1.35. The number of carbonyl (C=O) groups excluding carboxylic acids is 1. The van der Waals surface area contributed by atoms with Gasteiger partial charge in [0.05, 0.1) is 25.9 Å². The second-order valence-electron chi connectivity index (χ2n) is 7.14. The van der Waals surface area contributed by atoms with Crippen molar-refractivity contribution in [3.05, 3.63) is 60.2 Å². The molecule has 6 heteroatoms. The average Bonchev–Trinajstić information content (AvgIpc) is 2.77. The first kappa shape index (κ1) is 21.1. The van der Waals surface area contributed by atoms with Gasteiger partial charge in [0.1, 0.15) is 12.4 Å². The van der Waals surface area contributed by atoms with Crippen molar-refractivity contribution in [2.45, 2.75) is 13.0 Å². The van der Waals surface area contributed by atoms with Crippen LogP contribution >= 0.6 is 0 Å². The lowest BCUT2D eigenvalue weighted by Crippen LogP contribution is -2.52. The average molecular weight is 399 g/mol. The molecule has 29 heavy (non-hydrogen) atoms. The number of nitrogens with zero attached hydrogens (tertiary/aromatic N) is 2. The third-order valence-electron chi connectivity index (χ3n) is 5.18. The summed E-state index contributed by atoms with van der Waals surface area (Å²) in [5, 5.41) is 0. The summed E-state index contributed by atoms with van der Waals surface area (Å²) in [7, 11) is 1.40. The Bertz CT molecular complexity index is 751. The highest BCUT2D eigenvalue weighted by Gasteiger charge is 2.23. The van der Waals surface area contributed by atoms with Crippen molar-refractivity contribution in [2.24, 2.45) is 0 Å². The second kappa shape index (κ2) is 10.8. The van der Waals surface area contributed by atoms with Crippen molar-refractivity contribution < 1.29 is 19.0 Å². The molecule has 0 saturated carbocycles. The zero-order valence-corrected chi connectivity index (χ0v) is 17.3. The van der Waals surface area contributed by atoms with E-state index in [2.05, 4.69) is 16.7 Å². The van der Waals surface area contributed by atoms with Gasteiger partial charge in [-0.25, -0.2) is 4.79 Å². The highest BCUT2D eigenvalue weighted by atomic mass is 16.5. The number of carbonyl (C=O) groups is 1. The van der Waals surface area contributed by atoms with E-state index in [1.807, 2.05) is 54.6 Å². The number of ether oxygens (including phenoxy) is 3. The van der Waals surface area contributed by atoms with Crippen molar-refractivity contribution >= 4 is 11.7 Å². The molecule has 2 aromatic carbocycles. The SMILES string of the molecule is COC(=O)c1ccc(N2CCN(CCOCCOc3ccccc3)C(C)C2)cc1. The van der Waals surface area contributed by atoms with Gasteiger partial charge in [-0.2, -0.15) is 0 Å². The molecule has 0 radical (unpaired) electrons. The maximum absolute atomic E-state index is 11.6. The molecular formula is C23H30N2O4. The Kier molecular flexibility index (Phi) is 7.90. The number of hydrogen-bond acceptors (Lipinski definition) is 6. The van der Waals surface area contributed by atoms with Gasteiger partial charge in [0.15, 0.2) is 0 Å². The number of methoxy groups -OCH3 is 1. The van der Waals surface area contributed by atoms with Crippen LogP contribution in [-0.2, 0) is 9.47 Å². The van der Waals surface area contributed by atoms with Crippen LogP contribution in [0.25, 0.3) is 0 Å². The van der Waals surface area contributed by atoms with Gasteiger partial charge in [-0.1, -0.05) is 18.2 Å². The first-order valence-corrected chi connectivity index (χ1v) is 10.1. The lowest BCUT2D eigenvalue weighted by molar-refractivity contribution is 0.0600. The quantitative estimate of drug-likeness (QED) is 0.478. The summed E-state index contributed by atoms with van der Waals surface area (Å²) in [4.78, 5) is 16.4. The maximum Gasteiger partial charge on any atom is 0.337 e. The molecule has 1 saturated heterocycles. The van der Waals surface area contributed by atoms with Gasteiger partial charge in [-0.3, -0.25) is 4.90 Å². The molecule has 156 valence electrons. The third-order valence-corrected chi connectivity index (χ3v) is 5.18. The van der Waals surface area contributed by atoms with E-state index < -0.39 is 0 Å². The fraction of sp³-hybridized carbons (Fsp3) is 0.435. The Labute approximate surface area is 173 Å². The molecular weight excluding hydrogens is 368 g/mol. The van der Waals surface area contributed by atoms with E-state index >= 15 is 0 Å². The lowest BCUT2D eigenvalue weighted by atomic mass is 10.1. The summed E-state index contributed by atoms with van der Waals surface area (Å²) in [6, 6.07) is 17.9. The fourth-order valence-electron chi connectivity index (χ4n) is 3.51. The minimum Gasteiger partial charge on any atom is -0.491 e. The van der Waals surface area contributed by atoms with Crippen LogP contribution in [0.2, 0.25) is 0 Å². The molecule has 3 rings (SSSR count). The van der Waals surface area contributed by atoms with Gasteiger partial charge in [0.2, 0.25) is 0 Å². The number of rotatable bonds is 9. The number of esters is 1. The molecule has 1 fully saturated rings. The lowest BCUT2D eigenvalue weighted by Gasteiger charge is -2.41. The Morgan fingerprint density at radius 1 is 1.00 bits per heavy atom. The number of hydrogen-bond donors (Lipinski definition) is 0. The summed E-state index contributed by atoms with van der Waals surface area (Å²) < 4.78 is 16.1. The van der Waals surface area contributed by atoms with Crippen LogP contribution in [0, 0.1) is 0 Å². The van der Waals surface area contributed by atoms with E-state index in [1.165, 1.54) is 7.11 Å². The first-order valence-electron chi connectivity index (χ1n) is 10.1. The summed E-state index contributed by atoms with van der Waals surface area (Å²) in [6.45, 7) is 7.92. The minimum atomic E-state index is -0.302. The standard InChI is InChI=1S/C23H30N2O4/c1-19-18-25(21-10-8-20(9-11-21)23(26)27-2)13-12-24(19)14-15-28-16-17-29-22-6-4-3-5-7-22/h3-11,19H,12-18H2,1-2H3. The molecule has 0 amide bonds. The van der Waals surface area contributed by atoms with E-state index in [0.717, 1.165) is 37.6 Å². The van der Waals surface area contributed by atoms with Crippen molar-refractivity contribution in [1.29, 1.82) is 0 Å². The Hall–Kier alpha value is -2.57. The summed E-state index contributed by atoms with van der Waals surface area (Å²) in [5.41, 5.74) is 1.72. The summed E-state index contributed by atoms with van der Waals surface area (Å²) in [6.07, 6.45) is 0. The monoisotopic (exact) mass is 398 g/mol. The highest BCUT2D eigenvalue weighted by molar-refractivity contribution is 5.89. The highest BCUT2D eigenvalue weighted by Crippen LogP contribution is 2.20. The van der Waals surface area contributed by atoms with Gasteiger partial charge in [-0.05, 0) is 43.3 Å². The predicted octanol–water partition coefficient (Wildman–Crippen LogP) is 3.08. The van der Waals surface area contributed by atoms with Gasteiger partial charge in [-0.15, -0.1) is 0 Å². The molecule has 1 aliphatic rings. The van der Waals surface area contributed by atoms with E-state index in [1.54, 1.807) is 0 Å². The zero-order valence-electron chi connectivity index (χ0n) is 17.3. The molecule has 1 heterocycles. The van der Waals surface area contributed by atoms with E-state index in [-0.39, 0.29) is 5.97 Å². The second-order valence-corrected chi connectivity index (χ2v) is 7.14. The minimum absolute atomic E-state index is 0.302. The van der Waals surface area contributed by atoms with Crippen LogP contribution in [0.5, 0.6) is 5.75 Å². The van der Waals surface area contributed by atoms with Crippen molar-refractivity contribution in [3.8, 4) is 5.75 Å². The topological polar surface area (TPSA) is 51.2 Å². The van der Waals surface area contributed by atoms with Crippen LogP contribution in [0.15, 0.2) is 54.6 Å². The summed E-state index contributed by atoms with van der Waals surface area (Å²) >= 11 is 0. The molecule has 0 bridgehead atoms. The molecule has 0 spiro atoms. The third kappa shape index (κ3) is 6.21. The molecule has 1 aliphatic heterocycles. The van der Waals surface area contributed by atoms with Gasteiger partial charge in [0.25, 0.3) is 0 Å². The van der Waals surface area contributed by atoms with Crippen molar-refractivity contribution in [1.82, 2.24) is 4.90 Å². The van der Waals surface area contributed by atoms with Crippen LogP contribution in [0.4, 0.5) is 5.69 Å². The Morgan fingerprint density at radius 2 is 1.76 bits per heavy atom. The van der Waals surface area contributed by atoms with Crippen LogP contribution in [0.1, 0.15) is 17.3 Å². The summed E-state index contributed by atoms with van der Waals surface area (Å²) in [5.74, 6) is 0.573. The molecule has 0 N–H and O–H groups in total. The van der Waals surface area contributed by atoms with Crippen molar-refractivity contribution in [3.63, 3.8) is 0 Å². The molecule has 1 atom stereocenters. The normalized spacial score (nSPS) is 17.2. The fourth-order valence-corrected chi connectivity index (χ4v) is 3.51. The zero-order chi connectivity index (χ0) is 20.5. The molecule has 0 aliphatic carbocycles. The molecule has 2 aromatic rings.